The lowest BCUT2D eigenvalue weighted by Gasteiger charge is -2.03. The largest absolute Gasteiger partial charge is 0.323 e. The smallest absolute Gasteiger partial charge is 0.178 e. The van der Waals surface area contributed by atoms with E-state index in [9.17, 15) is 8.78 Å². The van der Waals surface area contributed by atoms with Crippen LogP contribution in [0.2, 0.25) is 5.15 Å². The number of imidazole rings is 1. The second-order valence-electron chi connectivity index (χ2n) is 4.67. The third-order valence-corrected chi connectivity index (χ3v) is 3.47. The summed E-state index contributed by atoms with van der Waals surface area (Å²) in [5.74, 6) is -1.36. The van der Waals surface area contributed by atoms with Crippen LogP contribution in [0.5, 0.6) is 0 Å². The minimum atomic E-state index is -0.931. The highest BCUT2D eigenvalue weighted by molar-refractivity contribution is 6.29. The van der Waals surface area contributed by atoms with E-state index in [2.05, 4.69) is 20.3 Å². The van der Waals surface area contributed by atoms with Crippen LogP contribution in [0.4, 0.5) is 8.78 Å². The molecule has 0 aliphatic heterocycles. The Hall–Kier alpha value is -2.61. The number of halogens is 3. The Labute approximate surface area is 127 Å². The maximum Gasteiger partial charge on any atom is 0.178 e. The highest BCUT2D eigenvalue weighted by atomic mass is 35.5. The van der Waals surface area contributed by atoms with Crippen LogP contribution in [-0.2, 0) is 6.54 Å². The van der Waals surface area contributed by atoms with E-state index in [-0.39, 0.29) is 6.54 Å². The van der Waals surface area contributed by atoms with Gasteiger partial charge in [0.05, 0.1) is 23.9 Å². The fourth-order valence-corrected chi connectivity index (χ4v) is 2.38. The number of hydrogen-bond acceptors (Lipinski definition) is 4. The van der Waals surface area contributed by atoms with Gasteiger partial charge in [0.2, 0.25) is 0 Å². The summed E-state index contributed by atoms with van der Waals surface area (Å²) >= 11 is 5.86. The number of fused-ring (bicyclic) bond motifs is 2. The number of aromatic nitrogens is 6. The summed E-state index contributed by atoms with van der Waals surface area (Å²) in [5.41, 5.74) is 1.36. The highest BCUT2D eigenvalue weighted by Crippen LogP contribution is 2.18. The summed E-state index contributed by atoms with van der Waals surface area (Å²) in [6, 6.07) is 5.45. The van der Waals surface area contributed by atoms with Gasteiger partial charge in [-0.2, -0.15) is 9.61 Å². The third-order valence-electron chi connectivity index (χ3n) is 3.27. The van der Waals surface area contributed by atoms with E-state index in [1.807, 2.05) is 0 Å². The zero-order valence-electron chi connectivity index (χ0n) is 10.9. The van der Waals surface area contributed by atoms with Crippen LogP contribution in [0.25, 0.3) is 16.7 Å². The van der Waals surface area contributed by atoms with Crippen molar-refractivity contribution in [2.75, 3.05) is 0 Å². The molecule has 0 spiro atoms. The summed E-state index contributed by atoms with van der Waals surface area (Å²) in [7, 11) is 0. The standard InChI is InChI=1S/C13H7ClF2N6/c14-11-1-2-12-18-19-13(22(12)20-11)5-21-6-17-9-3-7(15)8(16)4-10(9)21/h1-4,6H,5H2. The first-order chi connectivity index (χ1) is 10.6. The van der Waals surface area contributed by atoms with Crippen molar-refractivity contribution in [1.82, 2.24) is 29.4 Å². The van der Waals surface area contributed by atoms with Crippen molar-refractivity contribution in [1.29, 1.82) is 0 Å². The molecule has 0 atom stereocenters. The van der Waals surface area contributed by atoms with E-state index in [1.165, 1.54) is 10.8 Å². The molecule has 0 bridgehead atoms. The molecule has 0 saturated heterocycles. The Kier molecular flexibility index (Phi) is 2.80. The van der Waals surface area contributed by atoms with Crippen LogP contribution in [0.3, 0.4) is 0 Å². The first kappa shape index (κ1) is 13.1. The van der Waals surface area contributed by atoms with Crippen molar-refractivity contribution < 1.29 is 8.78 Å². The van der Waals surface area contributed by atoms with Crippen molar-refractivity contribution in [3.63, 3.8) is 0 Å². The summed E-state index contributed by atoms with van der Waals surface area (Å²) in [6.45, 7) is 0.246. The van der Waals surface area contributed by atoms with Crippen LogP contribution in [-0.4, -0.2) is 29.4 Å². The van der Waals surface area contributed by atoms with Crippen LogP contribution < -0.4 is 0 Å². The van der Waals surface area contributed by atoms with E-state index < -0.39 is 11.6 Å². The van der Waals surface area contributed by atoms with Gasteiger partial charge in [-0.15, -0.1) is 10.2 Å². The molecule has 0 radical (unpaired) electrons. The van der Waals surface area contributed by atoms with Crippen molar-refractivity contribution in [2.24, 2.45) is 0 Å². The molecule has 0 N–H and O–H groups in total. The Morgan fingerprint density at radius 1 is 1.09 bits per heavy atom. The predicted octanol–water partition coefficient (Wildman–Crippen LogP) is 2.45. The molecule has 0 aliphatic rings. The van der Waals surface area contributed by atoms with Gasteiger partial charge in [-0.25, -0.2) is 13.8 Å². The topological polar surface area (TPSA) is 60.9 Å². The van der Waals surface area contributed by atoms with Gasteiger partial charge in [0.1, 0.15) is 5.15 Å². The van der Waals surface area contributed by atoms with E-state index >= 15 is 0 Å². The third kappa shape index (κ3) is 2.00. The molecule has 110 valence electrons. The molecule has 4 rings (SSSR count). The lowest BCUT2D eigenvalue weighted by molar-refractivity contribution is 0.510. The quantitative estimate of drug-likeness (QED) is 0.569. The van der Waals surface area contributed by atoms with Crippen LogP contribution in [0, 0.1) is 11.6 Å². The van der Waals surface area contributed by atoms with Crippen molar-refractivity contribution in [2.45, 2.75) is 6.54 Å². The van der Waals surface area contributed by atoms with Crippen LogP contribution >= 0.6 is 11.6 Å². The molecular formula is C13H7ClF2N6. The second-order valence-corrected chi connectivity index (χ2v) is 5.06. The molecule has 0 amide bonds. The maximum absolute atomic E-state index is 13.4. The fraction of sp³-hybridized carbons (Fsp3) is 0.0769. The SMILES string of the molecule is Fc1cc2ncn(Cc3nnc4ccc(Cl)nn34)c2cc1F. The molecule has 1 aromatic carbocycles. The number of rotatable bonds is 2. The lowest BCUT2D eigenvalue weighted by Crippen LogP contribution is -2.05. The second kappa shape index (κ2) is 4.70. The molecular weight excluding hydrogens is 314 g/mol. The van der Waals surface area contributed by atoms with Gasteiger partial charge in [0.15, 0.2) is 23.1 Å². The highest BCUT2D eigenvalue weighted by Gasteiger charge is 2.12. The summed E-state index contributed by atoms with van der Waals surface area (Å²) < 4.78 is 29.8. The number of hydrogen-bond donors (Lipinski definition) is 0. The van der Waals surface area contributed by atoms with E-state index in [0.29, 0.717) is 27.7 Å². The molecule has 22 heavy (non-hydrogen) atoms. The van der Waals surface area contributed by atoms with Gasteiger partial charge >= 0.3 is 0 Å². The maximum atomic E-state index is 13.4. The normalized spacial score (nSPS) is 11.6. The molecule has 0 unspecified atom stereocenters. The summed E-state index contributed by atoms with van der Waals surface area (Å²) in [6.07, 6.45) is 1.48. The molecule has 6 nitrogen and oxygen atoms in total. The number of nitrogens with zero attached hydrogens (tertiary/aromatic N) is 6. The summed E-state index contributed by atoms with van der Waals surface area (Å²) in [4.78, 5) is 4.05. The van der Waals surface area contributed by atoms with Gasteiger partial charge in [-0.05, 0) is 12.1 Å². The minimum Gasteiger partial charge on any atom is -0.323 e. The molecule has 9 heteroatoms. The first-order valence-electron chi connectivity index (χ1n) is 6.28. The molecule has 3 aromatic heterocycles. The number of benzene rings is 1. The fourth-order valence-electron chi connectivity index (χ4n) is 2.24. The average molecular weight is 321 g/mol. The van der Waals surface area contributed by atoms with Crippen LogP contribution in [0.15, 0.2) is 30.6 Å². The first-order valence-corrected chi connectivity index (χ1v) is 6.66. The Bertz CT molecular complexity index is 1010. The van der Waals surface area contributed by atoms with Gasteiger partial charge < -0.3 is 4.57 Å². The average Bonchev–Trinajstić information content (AvgIpc) is 3.05. The molecule has 0 fully saturated rings. The van der Waals surface area contributed by atoms with Gasteiger partial charge in [0.25, 0.3) is 0 Å². The Morgan fingerprint density at radius 2 is 1.91 bits per heavy atom. The molecule has 3 heterocycles. The van der Waals surface area contributed by atoms with Crippen molar-refractivity contribution in [3.05, 3.63) is 53.2 Å². The Balaban J connectivity index is 1.82. The van der Waals surface area contributed by atoms with Crippen molar-refractivity contribution in [3.8, 4) is 0 Å². The van der Waals surface area contributed by atoms with E-state index in [4.69, 9.17) is 11.6 Å². The van der Waals surface area contributed by atoms with Gasteiger partial charge in [0, 0.05) is 12.1 Å². The van der Waals surface area contributed by atoms with E-state index in [0.717, 1.165) is 12.1 Å². The van der Waals surface area contributed by atoms with Gasteiger partial charge in [-0.1, -0.05) is 11.6 Å². The van der Waals surface area contributed by atoms with Crippen molar-refractivity contribution >= 4 is 28.3 Å². The zero-order chi connectivity index (χ0) is 15.3. The molecule has 0 saturated carbocycles. The minimum absolute atomic E-state index is 0.246. The predicted molar refractivity (Wildman–Crippen MR) is 74.5 cm³/mol. The van der Waals surface area contributed by atoms with Crippen LogP contribution in [0.1, 0.15) is 5.82 Å². The molecule has 0 aliphatic carbocycles. The van der Waals surface area contributed by atoms with Gasteiger partial charge in [-0.3, -0.25) is 0 Å². The van der Waals surface area contributed by atoms with E-state index in [1.54, 1.807) is 16.7 Å². The molecule has 4 aromatic rings. The summed E-state index contributed by atoms with van der Waals surface area (Å²) in [5, 5.41) is 12.4. The Morgan fingerprint density at radius 3 is 2.77 bits per heavy atom. The zero-order valence-corrected chi connectivity index (χ0v) is 11.7. The monoisotopic (exact) mass is 320 g/mol. The lowest BCUT2D eigenvalue weighted by atomic mass is 10.3.